The van der Waals surface area contributed by atoms with Gasteiger partial charge in [0.15, 0.2) is 11.5 Å². The van der Waals surface area contributed by atoms with Gasteiger partial charge in [-0.15, -0.1) is 0 Å². The zero-order valence-electron chi connectivity index (χ0n) is 18.6. The first-order chi connectivity index (χ1) is 14.8. The first-order valence-electron chi connectivity index (χ1n) is 10.2. The predicted molar refractivity (Wildman–Crippen MR) is 118 cm³/mol. The maximum absolute atomic E-state index is 12.6. The van der Waals surface area contributed by atoms with E-state index in [-0.39, 0.29) is 11.3 Å². The third-order valence-corrected chi connectivity index (χ3v) is 4.69. The highest BCUT2D eigenvalue weighted by molar-refractivity contribution is 5.77. The summed E-state index contributed by atoms with van der Waals surface area (Å²) >= 11 is 0. The summed E-state index contributed by atoms with van der Waals surface area (Å²) in [5.41, 5.74) is 1.67. The fraction of sp³-hybridized carbons (Fsp3) is 0.375. The number of amides is 1. The van der Waals surface area contributed by atoms with E-state index >= 15 is 0 Å². The van der Waals surface area contributed by atoms with E-state index in [9.17, 15) is 4.79 Å². The second-order valence-electron chi connectivity index (χ2n) is 8.57. The molecule has 0 bridgehead atoms. The Morgan fingerprint density at radius 2 is 1.77 bits per heavy atom. The molecule has 31 heavy (non-hydrogen) atoms. The van der Waals surface area contributed by atoms with E-state index in [0.29, 0.717) is 36.1 Å². The zero-order valence-corrected chi connectivity index (χ0v) is 18.6. The zero-order chi connectivity index (χ0) is 22.4. The SMILES string of the molecule is COc1ccc(-c2noc(C(Cc3ccccc3)NC(=O)CC(C)(C)C)n2)cc1OC. The topological polar surface area (TPSA) is 86.5 Å². The molecule has 0 radical (unpaired) electrons. The molecule has 3 aromatic rings. The van der Waals surface area contributed by atoms with Crippen molar-refractivity contribution in [2.24, 2.45) is 5.41 Å². The maximum atomic E-state index is 12.6. The minimum absolute atomic E-state index is 0.0562. The van der Waals surface area contributed by atoms with Crippen LogP contribution >= 0.6 is 0 Å². The lowest BCUT2D eigenvalue weighted by atomic mass is 9.91. The lowest BCUT2D eigenvalue weighted by Gasteiger charge is -2.20. The highest BCUT2D eigenvalue weighted by Crippen LogP contribution is 2.32. The molecule has 0 aliphatic rings. The standard InChI is InChI=1S/C24H29N3O4/c1-24(2,3)15-21(28)25-18(13-16-9-7-6-8-10-16)23-26-22(27-31-23)17-11-12-19(29-4)20(14-17)30-5/h6-12,14,18H,13,15H2,1-5H3,(H,25,28). The van der Waals surface area contributed by atoms with E-state index in [0.717, 1.165) is 11.1 Å². The van der Waals surface area contributed by atoms with E-state index < -0.39 is 6.04 Å². The van der Waals surface area contributed by atoms with Gasteiger partial charge in [-0.2, -0.15) is 4.98 Å². The van der Waals surface area contributed by atoms with Crippen LogP contribution in [0, 0.1) is 5.41 Å². The van der Waals surface area contributed by atoms with Crippen molar-refractivity contribution in [2.75, 3.05) is 14.2 Å². The molecule has 164 valence electrons. The maximum Gasteiger partial charge on any atom is 0.249 e. The number of rotatable bonds is 8. The third-order valence-electron chi connectivity index (χ3n) is 4.69. The molecule has 2 aromatic carbocycles. The summed E-state index contributed by atoms with van der Waals surface area (Å²) in [6.45, 7) is 6.09. The molecule has 0 saturated carbocycles. The van der Waals surface area contributed by atoms with Crippen LogP contribution in [0.3, 0.4) is 0 Å². The van der Waals surface area contributed by atoms with E-state index in [4.69, 9.17) is 14.0 Å². The van der Waals surface area contributed by atoms with Gasteiger partial charge in [-0.25, -0.2) is 0 Å². The first-order valence-corrected chi connectivity index (χ1v) is 10.2. The van der Waals surface area contributed by atoms with Crippen molar-refractivity contribution >= 4 is 5.91 Å². The predicted octanol–water partition coefficient (Wildman–Crippen LogP) is 4.59. The number of nitrogens with zero attached hydrogens (tertiary/aromatic N) is 2. The van der Waals surface area contributed by atoms with Gasteiger partial charge in [-0.3, -0.25) is 4.79 Å². The number of ether oxygens (including phenoxy) is 2. The molecule has 7 nitrogen and oxygen atoms in total. The van der Waals surface area contributed by atoms with Gasteiger partial charge in [0.1, 0.15) is 6.04 Å². The number of carbonyl (C=O) groups is 1. The molecule has 1 unspecified atom stereocenters. The molecule has 1 heterocycles. The van der Waals surface area contributed by atoms with Crippen molar-refractivity contribution in [3.63, 3.8) is 0 Å². The van der Waals surface area contributed by atoms with Gasteiger partial charge in [-0.05, 0) is 29.2 Å². The first kappa shape index (κ1) is 22.3. The molecule has 1 amide bonds. The van der Waals surface area contributed by atoms with Crippen LogP contribution < -0.4 is 14.8 Å². The summed E-state index contributed by atoms with van der Waals surface area (Å²) in [4.78, 5) is 17.2. The van der Waals surface area contributed by atoms with Crippen LogP contribution in [0.25, 0.3) is 11.4 Å². The van der Waals surface area contributed by atoms with Crippen molar-refractivity contribution in [3.05, 3.63) is 60.0 Å². The Morgan fingerprint density at radius 3 is 2.42 bits per heavy atom. The lowest BCUT2D eigenvalue weighted by molar-refractivity contribution is -0.123. The molecule has 7 heteroatoms. The molecular formula is C24H29N3O4. The number of hydrogen-bond donors (Lipinski definition) is 1. The number of aromatic nitrogens is 2. The van der Waals surface area contributed by atoms with Gasteiger partial charge >= 0.3 is 0 Å². The van der Waals surface area contributed by atoms with Crippen LogP contribution in [0.4, 0.5) is 0 Å². The number of nitrogens with one attached hydrogen (secondary N) is 1. The summed E-state index contributed by atoms with van der Waals surface area (Å²) in [5.74, 6) is 1.91. The van der Waals surface area contributed by atoms with Crippen molar-refractivity contribution in [2.45, 2.75) is 39.7 Å². The van der Waals surface area contributed by atoms with E-state index in [1.165, 1.54) is 0 Å². The average Bonchev–Trinajstić information content (AvgIpc) is 3.22. The fourth-order valence-electron chi connectivity index (χ4n) is 3.25. The van der Waals surface area contributed by atoms with E-state index in [1.807, 2.05) is 57.2 Å². The summed E-state index contributed by atoms with van der Waals surface area (Å²) in [7, 11) is 3.16. The monoisotopic (exact) mass is 423 g/mol. The van der Waals surface area contributed by atoms with Crippen LogP contribution in [0.1, 0.15) is 44.7 Å². The number of hydrogen-bond acceptors (Lipinski definition) is 6. The quantitative estimate of drug-likeness (QED) is 0.570. The molecular weight excluding hydrogens is 394 g/mol. The van der Waals surface area contributed by atoms with Gasteiger partial charge in [0.2, 0.25) is 17.6 Å². The largest absolute Gasteiger partial charge is 0.493 e. The Hall–Kier alpha value is -3.35. The Morgan fingerprint density at radius 1 is 1.06 bits per heavy atom. The summed E-state index contributed by atoms with van der Waals surface area (Å²) < 4.78 is 16.2. The van der Waals surface area contributed by atoms with Gasteiger partial charge in [-0.1, -0.05) is 56.3 Å². The van der Waals surface area contributed by atoms with Crippen LogP contribution in [0.2, 0.25) is 0 Å². The number of carbonyl (C=O) groups excluding carboxylic acids is 1. The van der Waals surface area contributed by atoms with Crippen LogP contribution in [-0.4, -0.2) is 30.3 Å². The highest BCUT2D eigenvalue weighted by atomic mass is 16.5. The van der Waals surface area contributed by atoms with Crippen molar-refractivity contribution in [3.8, 4) is 22.9 Å². The molecule has 0 aliphatic heterocycles. The Balaban J connectivity index is 1.87. The second kappa shape index (κ2) is 9.64. The minimum Gasteiger partial charge on any atom is -0.493 e. The van der Waals surface area contributed by atoms with Crippen LogP contribution in [0.5, 0.6) is 11.5 Å². The molecule has 1 atom stereocenters. The number of benzene rings is 2. The molecule has 0 fully saturated rings. The lowest BCUT2D eigenvalue weighted by Crippen LogP contribution is -2.32. The van der Waals surface area contributed by atoms with Gasteiger partial charge in [0, 0.05) is 18.4 Å². The molecule has 0 saturated heterocycles. The molecule has 1 N–H and O–H groups in total. The molecule has 0 aliphatic carbocycles. The normalized spacial score (nSPS) is 12.3. The average molecular weight is 424 g/mol. The van der Waals surface area contributed by atoms with Crippen molar-refractivity contribution in [1.29, 1.82) is 0 Å². The van der Waals surface area contributed by atoms with E-state index in [1.54, 1.807) is 26.4 Å². The van der Waals surface area contributed by atoms with E-state index in [2.05, 4.69) is 15.5 Å². The summed E-state index contributed by atoms with van der Waals surface area (Å²) in [6, 6.07) is 14.9. The summed E-state index contributed by atoms with van der Waals surface area (Å²) in [6.07, 6.45) is 0.944. The Kier molecular flexibility index (Phi) is 6.95. The Labute approximate surface area is 182 Å². The highest BCUT2D eigenvalue weighted by Gasteiger charge is 2.25. The Bertz CT molecular complexity index is 1010. The molecule has 1 aromatic heterocycles. The number of methoxy groups -OCH3 is 2. The van der Waals surface area contributed by atoms with Crippen LogP contribution in [0.15, 0.2) is 53.1 Å². The molecule has 0 spiro atoms. The third kappa shape index (κ3) is 6.07. The minimum atomic E-state index is -0.432. The van der Waals surface area contributed by atoms with Crippen molar-refractivity contribution in [1.82, 2.24) is 15.5 Å². The second-order valence-corrected chi connectivity index (χ2v) is 8.57. The van der Waals surface area contributed by atoms with Gasteiger partial charge in [0.25, 0.3) is 0 Å². The van der Waals surface area contributed by atoms with Crippen molar-refractivity contribution < 1.29 is 18.8 Å². The van der Waals surface area contributed by atoms with Crippen LogP contribution in [-0.2, 0) is 11.2 Å². The summed E-state index contributed by atoms with van der Waals surface area (Å²) in [5, 5.41) is 7.19. The van der Waals surface area contributed by atoms with Gasteiger partial charge in [0.05, 0.1) is 14.2 Å². The van der Waals surface area contributed by atoms with Gasteiger partial charge < -0.3 is 19.3 Å². The fourth-order valence-corrected chi connectivity index (χ4v) is 3.25. The smallest absolute Gasteiger partial charge is 0.249 e. The molecule has 3 rings (SSSR count).